The Morgan fingerprint density at radius 1 is 1.15 bits per heavy atom. The molecule has 5 nitrogen and oxygen atoms in total. The molecule has 1 aromatic heterocycles. The maximum Gasteiger partial charge on any atom is 0.316 e. The van der Waals surface area contributed by atoms with Gasteiger partial charge in [0, 0.05) is 5.39 Å². The number of fused-ring (bicyclic) bond motifs is 1. The Balaban J connectivity index is 1.50. The minimum Gasteiger partial charge on any atom is -0.455 e. The van der Waals surface area contributed by atoms with Crippen molar-refractivity contribution in [3.05, 3.63) is 66.0 Å². The maximum absolute atomic E-state index is 13.5. The lowest BCUT2D eigenvalue weighted by molar-refractivity contribution is -0.144. The zero-order chi connectivity index (χ0) is 19.2. The van der Waals surface area contributed by atoms with Crippen molar-refractivity contribution in [2.24, 2.45) is 0 Å². The van der Waals surface area contributed by atoms with Gasteiger partial charge in [-0.05, 0) is 36.8 Å². The molecule has 1 amide bonds. The second-order valence-corrected chi connectivity index (χ2v) is 6.77. The molecule has 27 heavy (non-hydrogen) atoms. The molecule has 0 aliphatic heterocycles. The Morgan fingerprint density at radius 2 is 1.89 bits per heavy atom. The number of hydrogen-bond donors (Lipinski definition) is 1. The molecule has 0 radical (unpaired) electrons. The third kappa shape index (κ3) is 5.04. The van der Waals surface area contributed by atoms with Crippen LogP contribution in [0.4, 0.5) is 10.1 Å². The van der Waals surface area contributed by atoms with E-state index in [-0.39, 0.29) is 11.4 Å². The van der Waals surface area contributed by atoms with Gasteiger partial charge in [-0.25, -0.2) is 9.37 Å². The lowest BCUT2D eigenvalue weighted by atomic mass is 10.1. The van der Waals surface area contributed by atoms with Crippen LogP contribution in [0.15, 0.2) is 59.6 Å². The number of anilines is 1. The summed E-state index contributed by atoms with van der Waals surface area (Å²) in [5.74, 6) is -1.67. The quantitative estimate of drug-likeness (QED) is 0.515. The van der Waals surface area contributed by atoms with E-state index in [9.17, 15) is 14.0 Å². The first-order valence-corrected chi connectivity index (χ1v) is 9.20. The van der Waals surface area contributed by atoms with Crippen LogP contribution in [0.5, 0.6) is 0 Å². The monoisotopic (exact) mass is 384 g/mol. The molecule has 7 heteroatoms. The van der Waals surface area contributed by atoms with Crippen LogP contribution in [0, 0.1) is 12.7 Å². The Labute approximate surface area is 159 Å². The third-order valence-corrected chi connectivity index (χ3v) is 4.63. The fourth-order valence-electron chi connectivity index (χ4n) is 2.46. The topological polar surface area (TPSA) is 68.3 Å². The van der Waals surface area contributed by atoms with Gasteiger partial charge in [0.15, 0.2) is 6.61 Å². The first kappa shape index (κ1) is 18.8. The number of carbonyl (C=O) groups is 2. The fraction of sp³-hybridized carbons (Fsp3) is 0.150. The van der Waals surface area contributed by atoms with Crippen molar-refractivity contribution in [1.29, 1.82) is 0 Å². The number of carbonyl (C=O) groups excluding carboxylic acids is 2. The maximum atomic E-state index is 13.5. The van der Waals surface area contributed by atoms with E-state index in [1.807, 2.05) is 37.3 Å². The third-order valence-electron chi connectivity index (χ3n) is 3.75. The number of thioether (sulfide) groups is 1. The van der Waals surface area contributed by atoms with Gasteiger partial charge in [-0.15, -0.1) is 0 Å². The van der Waals surface area contributed by atoms with Crippen LogP contribution in [0.3, 0.4) is 0 Å². The number of ether oxygens (including phenoxy) is 1. The van der Waals surface area contributed by atoms with E-state index in [0.717, 1.165) is 16.5 Å². The van der Waals surface area contributed by atoms with Crippen LogP contribution in [0.25, 0.3) is 10.9 Å². The summed E-state index contributed by atoms with van der Waals surface area (Å²) < 4.78 is 18.4. The van der Waals surface area contributed by atoms with Crippen LogP contribution in [-0.4, -0.2) is 29.2 Å². The summed E-state index contributed by atoms with van der Waals surface area (Å²) in [6.45, 7) is 1.51. The molecule has 3 rings (SSSR count). The number of amides is 1. The SMILES string of the molecule is Cc1cc(SCC(=O)OCC(=O)Nc2ccccc2F)nc2ccccc12. The van der Waals surface area contributed by atoms with Gasteiger partial charge in [-0.3, -0.25) is 9.59 Å². The average Bonchev–Trinajstić information content (AvgIpc) is 2.66. The zero-order valence-corrected chi connectivity index (χ0v) is 15.4. The van der Waals surface area contributed by atoms with Gasteiger partial charge >= 0.3 is 5.97 Å². The molecule has 1 heterocycles. The second-order valence-electron chi connectivity index (χ2n) is 5.77. The Hall–Kier alpha value is -2.93. The summed E-state index contributed by atoms with van der Waals surface area (Å²) in [6.07, 6.45) is 0. The van der Waals surface area contributed by atoms with Crippen LogP contribution in [0.1, 0.15) is 5.56 Å². The van der Waals surface area contributed by atoms with Crippen LogP contribution >= 0.6 is 11.8 Å². The number of halogens is 1. The smallest absolute Gasteiger partial charge is 0.316 e. The predicted octanol–water partition coefficient (Wildman–Crippen LogP) is 3.96. The van der Waals surface area contributed by atoms with Gasteiger partial charge in [-0.2, -0.15) is 0 Å². The number of benzene rings is 2. The lowest BCUT2D eigenvalue weighted by Gasteiger charge is -2.08. The summed E-state index contributed by atoms with van der Waals surface area (Å²) in [5.41, 5.74) is 1.97. The highest BCUT2D eigenvalue weighted by Gasteiger charge is 2.11. The van der Waals surface area contributed by atoms with E-state index in [0.29, 0.717) is 5.03 Å². The molecule has 138 valence electrons. The predicted molar refractivity (Wildman–Crippen MR) is 103 cm³/mol. The first-order valence-electron chi connectivity index (χ1n) is 8.22. The van der Waals surface area contributed by atoms with Crippen molar-refractivity contribution in [3.8, 4) is 0 Å². The summed E-state index contributed by atoms with van der Waals surface area (Å²) in [4.78, 5) is 28.1. The minimum atomic E-state index is -0.599. The van der Waals surface area contributed by atoms with Gasteiger partial charge < -0.3 is 10.1 Å². The Kier molecular flexibility index (Phi) is 6.03. The van der Waals surface area contributed by atoms with Crippen LogP contribution in [-0.2, 0) is 14.3 Å². The van der Waals surface area contributed by atoms with E-state index in [2.05, 4.69) is 10.3 Å². The molecule has 0 fully saturated rings. The number of para-hydroxylation sites is 2. The molecular formula is C20H17FN2O3S. The molecule has 0 bridgehead atoms. The highest BCUT2D eigenvalue weighted by Crippen LogP contribution is 2.23. The zero-order valence-electron chi connectivity index (χ0n) is 14.6. The Morgan fingerprint density at radius 3 is 2.70 bits per heavy atom. The number of pyridine rings is 1. The number of hydrogen-bond acceptors (Lipinski definition) is 5. The molecule has 0 aliphatic rings. The molecule has 0 saturated heterocycles. The van der Waals surface area contributed by atoms with E-state index in [4.69, 9.17) is 4.74 Å². The van der Waals surface area contributed by atoms with Crippen LogP contribution in [0.2, 0.25) is 0 Å². The van der Waals surface area contributed by atoms with E-state index in [1.54, 1.807) is 6.07 Å². The largest absolute Gasteiger partial charge is 0.455 e. The fourth-order valence-corrected chi connectivity index (χ4v) is 3.23. The minimum absolute atomic E-state index is 0.0256. The van der Waals surface area contributed by atoms with E-state index < -0.39 is 24.3 Å². The van der Waals surface area contributed by atoms with E-state index >= 15 is 0 Å². The molecule has 0 spiro atoms. The number of nitrogens with zero attached hydrogens (tertiary/aromatic N) is 1. The van der Waals surface area contributed by atoms with Crippen molar-refractivity contribution in [2.75, 3.05) is 17.7 Å². The highest BCUT2D eigenvalue weighted by molar-refractivity contribution is 7.99. The van der Waals surface area contributed by atoms with Gasteiger partial charge in [0.25, 0.3) is 5.91 Å². The number of esters is 1. The Bertz CT molecular complexity index is 994. The molecule has 0 unspecified atom stereocenters. The van der Waals surface area contributed by atoms with Gasteiger partial charge in [0.05, 0.1) is 22.0 Å². The standard InChI is InChI=1S/C20H17FN2O3S/c1-13-10-19(23-16-8-4-2-6-14(13)16)27-12-20(25)26-11-18(24)22-17-9-5-3-7-15(17)21/h2-10H,11-12H2,1H3,(H,22,24). The summed E-state index contributed by atoms with van der Waals surface area (Å²) in [7, 11) is 0. The molecule has 3 aromatic rings. The van der Waals surface area contributed by atoms with Gasteiger partial charge in [0.2, 0.25) is 0 Å². The molecule has 2 aromatic carbocycles. The van der Waals surface area contributed by atoms with Gasteiger partial charge in [0.1, 0.15) is 5.82 Å². The van der Waals surface area contributed by atoms with E-state index in [1.165, 1.54) is 30.0 Å². The number of nitrogens with one attached hydrogen (secondary N) is 1. The van der Waals surface area contributed by atoms with Crippen molar-refractivity contribution in [2.45, 2.75) is 11.9 Å². The van der Waals surface area contributed by atoms with Crippen molar-refractivity contribution in [1.82, 2.24) is 4.98 Å². The molecule has 0 aliphatic carbocycles. The normalized spacial score (nSPS) is 10.6. The lowest BCUT2D eigenvalue weighted by Crippen LogP contribution is -2.22. The highest BCUT2D eigenvalue weighted by atomic mass is 32.2. The van der Waals surface area contributed by atoms with Gasteiger partial charge in [-0.1, -0.05) is 42.1 Å². The van der Waals surface area contributed by atoms with Crippen molar-refractivity contribution < 1.29 is 18.7 Å². The molecular weight excluding hydrogens is 367 g/mol. The number of aryl methyl sites for hydroxylation is 1. The summed E-state index contributed by atoms with van der Waals surface area (Å²) >= 11 is 1.24. The average molecular weight is 384 g/mol. The first-order chi connectivity index (χ1) is 13.0. The molecule has 0 atom stereocenters. The number of aromatic nitrogens is 1. The number of rotatable bonds is 6. The van der Waals surface area contributed by atoms with Crippen LogP contribution < -0.4 is 5.32 Å². The molecule has 0 saturated carbocycles. The second kappa shape index (κ2) is 8.64. The summed E-state index contributed by atoms with van der Waals surface area (Å²) in [6, 6.07) is 15.5. The van der Waals surface area contributed by atoms with Crippen molar-refractivity contribution in [3.63, 3.8) is 0 Å². The molecule has 1 N–H and O–H groups in total. The van der Waals surface area contributed by atoms with Crippen molar-refractivity contribution >= 4 is 40.2 Å². The summed E-state index contributed by atoms with van der Waals surface area (Å²) in [5, 5.41) is 4.13.